The summed E-state index contributed by atoms with van der Waals surface area (Å²) in [5.41, 5.74) is 5.44. The minimum Gasteiger partial charge on any atom is -0.379 e. The van der Waals surface area contributed by atoms with E-state index in [4.69, 9.17) is 10.5 Å². The molecular formula is C17H32N4O3. The summed E-state index contributed by atoms with van der Waals surface area (Å²) in [5.74, 6) is 0.301. The Bertz CT molecular complexity index is 417. The molecule has 0 aromatic heterocycles. The van der Waals surface area contributed by atoms with Gasteiger partial charge < -0.3 is 20.3 Å². The Morgan fingerprint density at radius 2 is 1.50 bits per heavy atom. The molecule has 24 heavy (non-hydrogen) atoms. The maximum atomic E-state index is 12.8. The first kappa shape index (κ1) is 19.1. The Hall–Kier alpha value is -1.18. The molecule has 2 N–H and O–H groups in total. The molecule has 0 aromatic rings. The maximum Gasteiger partial charge on any atom is 0.236 e. The fraction of sp³-hybridized carbons (Fsp3) is 0.882. The van der Waals surface area contributed by atoms with Gasteiger partial charge in [0.15, 0.2) is 0 Å². The monoisotopic (exact) mass is 340 g/mol. The molecular weight excluding hydrogens is 308 g/mol. The predicted octanol–water partition coefficient (Wildman–Crippen LogP) is -0.245. The second-order valence-electron chi connectivity index (χ2n) is 6.75. The van der Waals surface area contributed by atoms with Gasteiger partial charge in [0.25, 0.3) is 0 Å². The second kappa shape index (κ2) is 8.78. The van der Waals surface area contributed by atoms with Crippen molar-refractivity contribution < 1.29 is 14.3 Å². The summed E-state index contributed by atoms with van der Waals surface area (Å²) < 4.78 is 5.31. The van der Waals surface area contributed by atoms with Gasteiger partial charge in [0.1, 0.15) is 0 Å². The zero-order valence-electron chi connectivity index (χ0n) is 15.1. The quantitative estimate of drug-likeness (QED) is 0.722. The standard InChI is InChI=1S/C17H32N4O3/c1-3-17(4-2,14-18)16(23)21-7-5-20(6-8-21)15(22)13-19-9-11-24-12-10-19/h3-14,18H2,1-2H3. The van der Waals surface area contributed by atoms with Crippen molar-refractivity contribution in [1.82, 2.24) is 14.7 Å². The SMILES string of the molecule is CCC(CC)(CN)C(=O)N1CCN(C(=O)CN2CCOCC2)CC1. The Morgan fingerprint density at radius 1 is 0.958 bits per heavy atom. The fourth-order valence-electron chi connectivity index (χ4n) is 3.47. The molecule has 2 heterocycles. The number of carbonyl (C=O) groups excluding carboxylic acids is 2. The number of nitrogens with two attached hydrogens (primary N) is 1. The van der Waals surface area contributed by atoms with Crippen LogP contribution >= 0.6 is 0 Å². The van der Waals surface area contributed by atoms with E-state index in [0.29, 0.717) is 52.5 Å². The lowest BCUT2D eigenvalue weighted by molar-refractivity contribution is -0.147. The van der Waals surface area contributed by atoms with Crippen LogP contribution in [0.4, 0.5) is 0 Å². The topological polar surface area (TPSA) is 79.1 Å². The van der Waals surface area contributed by atoms with Crippen molar-refractivity contribution in [2.75, 3.05) is 65.6 Å². The molecule has 0 unspecified atom stereocenters. The van der Waals surface area contributed by atoms with Crippen molar-refractivity contribution in [3.63, 3.8) is 0 Å². The fourth-order valence-corrected chi connectivity index (χ4v) is 3.47. The van der Waals surface area contributed by atoms with Crippen LogP contribution in [0.15, 0.2) is 0 Å². The van der Waals surface area contributed by atoms with Crippen molar-refractivity contribution in [3.05, 3.63) is 0 Å². The molecule has 2 aliphatic heterocycles. The molecule has 138 valence electrons. The molecule has 0 spiro atoms. The van der Waals surface area contributed by atoms with Crippen LogP contribution in [0, 0.1) is 5.41 Å². The molecule has 2 aliphatic rings. The molecule has 0 atom stereocenters. The first-order valence-electron chi connectivity index (χ1n) is 9.13. The summed E-state index contributed by atoms with van der Waals surface area (Å²) in [4.78, 5) is 31.2. The largest absolute Gasteiger partial charge is 0.379 e. The van der Waals surface area contributed by atoms with Gasteiger partial charge in [0.05, 0.1) is 25.2 Å². The van der Waals surface area contributed by atoms with E-state index in [1.54, 1.807) is 0 Å². The average Bonchev–Trinajstić information content (AvgIpc) is 2.64. The average molecular weight is 340 g/mol. The Balaban J connectivity index is 1.84. The van der Waals surface area contributed by atoms with E-state index in [0.717, 1.165) is 25.9 Å². The Kier molecular flexibility index (Phi) is 7.01. The van der Waals surface area contributed by atoms with Crippen LogP contribution in [-0.4, -0.2) is 92.1 Å². The third-order valence-corrected chi connectivity index (χ3v) is 5.58. The van der Waals surface area contributed by atoms with E-state index in [1.807, 2.05) is 23.6 Å². The van der Waals surface area contributed by atoms with Crippen molar-refractivity contribution in [2.45, 2.75) is 26.7 Å². The van der Waals surface area contributed by atoms with Crippen LogP contribution < -0.4 is 5.73 Å². The van der Waals surface area contributed by atoms with Crippen molar-refractivity contribution in [2.24, 2.45) is 11.1 Å². The van der Waals surface area contributed by atoms with Crippen molar-refractivity contribution in [1.29, 1.82) is 0 Å². The molecule has 2 fully saturated rings. The Labute approximate surface area is 145 Å². The lowest BCUT2D eigenvalue weighted by atomic mass is 9.81. The molecule has 0 bridgehead atoms. The van der Waals surface area contributed by atoms with Gasteiger partial charge in [-0.1, -0.05) is 13.8 Å². The first-order valence-corrected chi connectivity index (χ1v) is 9.13. The molecule has 0 radical (unpaired) electrons. The number of nitrogens with zero attached hydrogens (tertiary/aromatic N) is 3. The highest BCUT2D eigenvalue weighted by molar-refractivity contribution is 5.83. The maximum absolute atomic E-state index is 12.8. The highest BCUT2D eigenvalue weighted by Crippen LogP contribution is 2.28. The van der Waals surface area contributed by atoms with Crippen LogP contribution in [-0.2, 0) is 14.3 Å². The predicted molar refractivity (Wildman–Crippen MR) is 92.5 cm³/mol. The van der Waals surface area contributed by atoms with Gasteiger partial charge in [-0.15, -0.1) is 0 Å². The van der Waals surface area contributed by atoms with E-state index in [2.05, 4.69) is 4.90 Å². The third kappa shape index (κ3) is 4.26. The number of hydrogen-bond acceptors (Lipinski definition) is 5. The lowest BCUT2D eigenvalue weighted by Crippen LogP contribution is -2.57. The van der Waals surface area contributed by atoms with Gasteiger partial charge in [0, 0.05) is 45.8 Å². The normalized spacial score (nSPS) is 20.3. The molecule has 0 aliphatic carbocycles. The highest BCUT2D eigenvalue weighted by Gasteiger charge is 2.38. The molecule has 0 aromatic carbocycles. The van der Waals surface area contributed by atoms with E-state index in [-0.39, 0.29) is 11.8 Å². The summed E-state index contributed by atoms with van der Waals surface area (Å²) in [7, 11) is 0. The first-order chi connectivity index (χ1) is 11.6. The van der Waals surface area contributed by atoms with Crippen LogP contribution in [0.1, 0.15) is 26.7 Å². The van der Waals surface area contributed by atoms with Crippen LogP contribution in [0.3, 0.4) is 0 Å². The summed E-state index contributed by atoms with van der Waals surface area (Å²) >= 11 is 0. The molecule has 0 saturated carbocycles. The van der Waals surface area contributed by atoms with E-state index in [9.17, 15) is 9.59 Å². The van der Waals surface area contributed by atoms with E-state index < -0.39 is 5.41 Å². The highest BCUT2D eigenvalue weighted by atomic mass is 16.5. The van der Waals surface area contributed by atoms with Gasteiger partial charge in [-0.25, -0.2) is 0 Å². The minimum absolute atomic E-state index is 0.148. The number of hydrogen-bond donors (Lipinski definition) is 1. The van der Waals surface area contributed by atoms with E-state index >= 15 is 0 Å². The smallest absolute Gasteiger partial charge is 0.236 e. The number of carbonyl (C=O) groups is 2. The number of piperazine rings is 1. The van der Waals surface area contributed by atoms with Gasteiger partial charge in [-0.3, -0.25) is 14.5 Å². The Morgan fingerprint density at radius 3 is 2.00 bits per heavy atom. The zero-order valence-corrected chi connectivity index (χ0v) is 15.1. The summed E-state index contributed by atoms with van der Waals surface area (Å²) in [6.45, 7) is 10.4. The van der Waals surface area contributed by atoms with Gasteiger partial charge in [-0.2, -0.15) is 0 Å². The van der Waals surface area contributed by atoms with Crippen molar-refractivity contribution in [3.8, 4) is 0 Å². The number of amides is 2. The number of ether oxygens (including phenoxy) is 1. The summed E-state index contributed by atoms with van der Waals surface area (Å²) in [5, 5.41) is 0. The summed E-state index contributed by atoms with van der Waals surface area (Å²) in [6, 6.07) is 0. The van der Waals surface area contributed by atoms with Crippen LogP contribution in [0.25, 0.3) is 0 Å². The molecule has 2 rings (SSSR count). The molecule has 7 heteroatoms. The molecule has 2 amide bonds. The van der Waals surface area contributed by atoms with Crippen LogP contribution in [0.2, 0.25) is 0 Å². The third-order valence-electron chi connectivity index (χ3n) is 5.58. The van der Waals surface area contributed by atoms with Gasteiger partial charge in [0.2, 0.25) is 11.8 Å². The van der Waals surface area contributed by atoms with Crippen molar-refractivity contribution >= 4 is 11.8 Å². The second-order valence-corrected chi connectivity index (χ2v) is 6.75. The minimum atomic E-state index is -0.444. The number of morpholine rings is 1. The van der Waals surface area contributed by atoms with E-state index in [1.165, 1.54) is 0 Å². The molecule has 2 saturated heterocycles. The zero-order chi connectivity index (χ0) is 17.6. The van der Waals surface area contributed by atoms with Gasteiger partial charge >= 0.3 is 0 Å². The van der Waals surface area contributed by atoms with Gasteiger partial charge in [-0.05, 0) is 12.8 Å². The lowest BCUT2D eigenvalue weighted by Gasteiger charge is -2.40. The molecule has 7 nitrogen and oxygen atoms in total. The van der Waals surface area contributed by atoms with Crippen LogP contribution in [0.5, 0.6) is 0 Å². The number of rotatable bonds is 6. The summed E-state index contributed by atoms with van der Waals surface area (Å²) in [6.07, 6.45) is 1.52.